The molecule has 0 spiro atoms. The van der Waals surface area contributed by atoms with Crippen LogP contribution in [-0.2, 0) is 11.2 Å². The van der Waals surface area contributed by atoms with Crippen LogP contribution in [0.25, 0.3) is 10.6 Å². The highest BCUT2D eigenvalue weighted by atomic mass is 32.1. The van der Waals surface area contributed by atoms with Crippen LogP contribution in [-0.4, -0.2) is 16.1 Å². The molecule has 19 heavy (non-hydrogen) atoms. The van der Waals surface area contributed by atoms with Crippen LogP contribution in [0.15, 0.2) is 17.5 Å². The van der Waals surface area contributed by atoms with Crippen LogP contribution >= 0.6 is 11.3 Å². The SMILES string of the molecule is Cc1cc(C)c(-c2nc(CCC(=O)O)cs2)c(C)c1. The van der Waals surface area contributed by atoms with Crippen LogP contribution in [0.1, 0.15) is 28.8 Å². The highest BCUT2D eigenvalue weighted by molar-refractivity contribution is 7.13. The summed E-state index contributed by atoms with van der Waals surface area (Å²) in [5, 5.41) is 11.6. The van der Waals surface area contributed by atoms with Gasteiger partial charge in [-0.25, -0.2) is 4.98 Å². The van der Waals surface area contributed by atoms with Gasteiger partial charge in [-0.15, -0.1) is 11.3 Å². The fourth-order valence-electron chi connectivity index (χ4n) is 2.29. The van der Waals surface area contributed by atoms with Crippen molar-refractivity contribution < 1.29 is 9.90 Å². The number of thiazole rings is 1. The molecule has 100 valence electrons. The lowest BCUT2D eigenvalue weighted by molar-refractivity contribution is -0.136. The van der Waals surface area contributed by atoms with Crippen LogP contribution in [0.3, 0.4) is 0 Å². The molecule has 1 aromatic carbocycles. The van der Waals surface area contributed by atoms with E-state index in [9.17, 15) is 4.79 Å². The van der Waals surface area contributed by atoms with Crippen LogP contribution in [0.5, 0.6) is 0 Å². The van der Waals surface area contributed by atoms with Gasteiger partial charge in [0.15, 0.2) is 0 Å². The number of aliphatic carboxylic acids is 1. The zero-order chi connectivity index (χ0) is 14.0. The first-order valence-electron chi connectivity index (χ1n) is 6.22. The minimum Gasteiger partial charge on any atom is -0.481 e. The second kappa shape index (κ2) is 5.53. The molecule has 1 N–H and O–H groups in total. The predicted octanol–water partition coefficient (Wildman–Crippen LogP) is 3.75. The van der Waals surface area contributed by atoms with Crippen LogP contribution in [0, 0.1) is 20.8 Å². The Hall–Kier alpha value is -1.68. The van der Waals surface area contributed by atoms with Crippen LogP contribution < -0.4 is 0 Å². The second-order valence-electron chi connectivity index (χ2n) is 4.81. The number of benzene rings is 1. The zero-order valence-electron chi connectivity index (χ0n) is 11.4. The molecule has 0 unspecified atom stereocenters. The van der Waals surface area contributed by atoms with Crippen molar-refractivity contribution in [1.29, 1.82) is 0 Å². The molecule has 0 saturated heterocycles. The van der Waals surface area contributed by atoms with E-state index in [0.29, 0.717) is 6.42 Å². The molecule has 2 aromatic rings. The molecule has 1 aromatic heterocycles. The van der Waals surface area contributed by atoms with E-state index in [2.05, 4.69) is 37.9 Å². The average Bonchev–Trinajstić information content (AvgIpc) is 2.73. The summed E-state index contributed by atoms with van der Waals surface area (Å²) in [6.45, 7) is 6.27. The first-order valence-corrected chi connectivity index (χ1v) is 7.09. The van der Waals surface area contributed by atoms with Gasteiger partial charge in [0.25, 0.3) is 0 Å². The van der Waals surface area contributed by atoms with Gasteiger partial charge in [-0.3, -0.25) is 4.79 Å². The van der Waals surface area contributed by atoms with E-state index in [1.807, 2.05) is 5.38 Å². The number of rotatable bonds is 4. The highest BCUT2D eigenvalue weighted by Crippen LogP contribution is 2.31. The Morgan fingerprint density at radius 1 is 1.26 bits per heavy atom. The molecule has 3 nitrogen and oxygen atoms in total. The largest absolute Gasteiger partial charge is 0.481 e. The van der Waals surface area contributed by atoms with E-state index in [0.717, 1.165) is 10.7 Å². The van der Waals surface area contributed by atoms with Gasteiger partial charge in [0.05, 0.1) is 12.1 Å². The molecule has 1 heterocycles. The third-order valence-electron chi connectivity index (χ3n) is 3.04. The summed E-state index contributed by atoms with van der Waals surface area (Å²) in [5.41, 5.74) is 5.73. The van der Waals surface area contributed by atoms with Crippen molar-refractivity contribution in [3.8, 4) is 10.6 Å². The molecule has 0 amide bonds. The minimum absolute atomic E-state index is 0.134. The Morgan fingerprint density at radius 3 is 2.47 bits per heavy atom. The van der Waals surface area contributed by atoms with Crippen molar-refractivity contribution in [3.05, 3.63) is 39.9 Å². The number of aromatic nitrogens is 1. The fourth-order valence-corrected chi connectivity index (χ4v) is 3.32. The van der Waals surface area contributed by atoms with Gasteiger partial charge in [0.2, 0.25) is 0 Å². The van der Waals surface area contributed by atoms with Gasteiger partial charge in [0.1, 0.15) is 5.01 Å². The lowest BCUT2D eigenvalue weighted by Crippen LogP contribution is -1.97. The van der Waals surface area contributed by atoms with Gasteiger partial charge < -0.3 is 5.11 Å². The maximum atomic E-state index is 10.6. The van der Waals surface area contributed by atoms with Crippen molar-refractivity contribution in [1.82, 2.24) is 4.98 Å². The molecule has 0 aliphatic carbocycles. The minimum atomic E-state index is -0.780. The molecule has 0 saturated carbocycles. The molecule has 0 bridgehead atoms. The maximum Gasteiger partial charge on any atom is 0.303 e. The topological polar surface area (TPSA) is 50.2 Å². The summed E-state index contributed by atoms with van der Waals surface area (Å²) < 4.78 is 0. The van der Waals surface area contributed by atoms with Gasteiger partial charge in [0, 0.05) is 17.4 Å². The van der Waals surface area contributed by atoms with Gasteiger partial charge >= 0.3 is 5.97 Å². The standard InChI is InChI=1S/C15H17NO2S/c1-9-6-10(2)14(11(3)7-9)15-16-12(8-19-15)4-5-13(17)18/h6-8H,4-5H2,1-3H3,(H,17,18). The monoisotopic (exact) mass is 275 g/mol. The lowest BCUT2D eigenvalue weighted by Gasteiger charge is -2.08. The van der Waals surface area contributed by atoms with Crippen LogP contribution in [0.2, 0.25) is 0 Å². The van der Waals surface area contributed by atoms with E-state index in [1.165, 1.54) is 22.3 Å². The first kappa shape index (κ1) is 13.7. The molecule has 4 heteroatoms. The Morgan fingerprint density at radius 2 is 1.89 bits per heavy atom. The Labute approximate surface area is 116 Å². The molecule has 0 aliphatic rings. The van der Waals surface area contributed by atoms with Crippen LogP contribution in [0.4, 0.5) is 0 Å². The zero-order valence-corrected chi connectivity index (χ0v) is 12.2. The Bertz CT molecular complexity index is 593. The van der Waals surface area contributed by atoms with E-state index in [-0.39, 0.29) is 6.42 Å². The van der Waals surface area contributed by atoms with E-state index in [4.69, 9.17) is 5.11 Å². The molecule has 0 radical (unpaired) electrons. The molecule has 0 fully saturated rings. The van der Waals surface area contributed by atoms with Crippen molar-refractivity contribution in [2.24, 2.45) is 0 Å². The molecular weight excluding hydrogens is 258 g/mol. The van der Waals surface area contributed by atoms with E-state index >= 15 is 0 Å². The Kier molecular flexibility index (Phi) is 4.00. The van der Waals surface area contributed by atoms with Gasteiger partial charge in [-0.1, -0.05) is 17.7 Å². The normalized spacial score (nSPS) is 10.7. The van der Waals surface area contributed by atoms with E-state index in [1.54, 1.807) is 11.3 Å². The number of hydrogen-bond acceptors (Lipinski definition) is 3. The van der Waals surface area contributed by atoms with Crippen molar-refractivity contribution >= 4 is 17.3 Å². The molecule has 0 aliphatic heterocycles. The van der Waals surface area contributed by atoms with Crippen molar-refractivity contribution in [2.75, 3.05) is 0 Å². The Balaban J connectivity index is 2.30. The summed E-state index contributed by atoms with van der Waals surface area (Å²) in [6.07, 6.45) is 0.630. The maximum absolute atomic E-state index is 10.6. The second-order valence-corrected chi connectivity index (χ2v) is 5.67. The number of aryl methyl sites for hydroxylation is 4. The number of hydrogen-bond donors (Lipinski definition) is 1. The van der Waals surface area contributed by atoms with Gasteiger partial charge in [-0.2, -0.15) is 0 Å². The smallest absolute Gasteiger partial charge is 0.303 e. The molecule has 0 atom stereocenters. The number of carboxylic acid groups (broad SMARTS) is 1. The van der Waals surface area contributed by atoms with Crippen molar-refractivity contribution in [3.63, 3.8) is 0 Å². The van der Waals surface area contributed by atoms with E-state index < -0.39 is 5.97 Å². The lowest BCUT2D eigenvalue weighted by atomic mass is 10.0. The predicted molar refractivity (Wildman–Crippen MR) is 77.7 cm³/mol. The summed E-state index contributed by atoms with van der Waals surface area (Å²) >= 11 is 1.58. The van der Waals surface area contributed by atoms with Crippen molar-refractivity contribution in [2.45, 2.75) is 33.6 Å². The van der Waals surface area contributed by atoms with Gasteiger partial charge in [-0.05, 0) is 31.9 Å². The third kappa shape index (κ3) is 3.20. The third-order valence-corrected chi connectivity index (χ3v) is 3.95. The summed E-state index contributed by atoms with van der Waals surface area (Å²) in [6, 6.07) is 4.31. The molecular formula is C15H17NO2S. The summed E-state index contributed by atoms with van der Waals surface area (Å²) in [7, 11) is 0. The fraction of sp³-hybridized carbons (Fsp3) is 0.333. The number of nitrogens with zero attached hydrogens (tertiary/aromatic N) is 1. The summed E-state index contributed by atoms with van der Waals surface area (Å²) in [5.74, 6) is -0.780. The quantitative estimate of drug-likeness (QED) is 0.924. The average molecular weight is 275 g/mol. The number of carboxylic acids is 1. The number of carbonyl (C=O) groups is 1. The first-order chi connectivity index (χ1) is 8.97. The summed E-state index contributed by atoms with van der Waals surface area (Å²) in [4.78, 5) is 15.1. The molecule has 2 rings (SSSR count). The highest BCUT2D eigenvalue weighted by Gasteiger charge is 2.11.